The van der Waals surface area contributed by atoms with Crippen LogP contribution >= 0.6 is 0 Å². The number of carboxylic acids is 1. The van der Waals surface area contributed by atoms with Gasteiger partial charge in [-0.15, -0.1) is 0 Å². The van der Waals surface area contributed by atoms with E-state index in [0.29, 0.717) is 5.69 Å². The quantitative estimate of drug-likeness (QED) is 0.730. The number of sulfone groups is 1. The zero-order valence-electron chi connectivity index (χ0n) is 7.54. The molecule has 78 valence electrons. The van der Waals surface area contributed by atoms with Gasteiger partial charge in [-0.2, -0.15) is 5.10 Å². The first-order valence-electron chi connectivity index (χ1n) is 3.80. The van der Waals surface area contributed by atoms with Crippen molar-refractivity contribution in [1.82, 2.24) is 9.78 Å². The molecule has 0 saturated carbocycles. The highest BCUT2D eigenvalue weighted by molar-refractivity contribution is 7.91. The van der Waals surface area contributed by atoms with Gasteiger partial charge in [0.15, 0.2) is 9.84 Å². The van der Waals surface area contributed by atoms with E-state index < -0.39 is 21.6 Å². The molecule has 0 fully saturated rings. The summed E-state index contributed by atoms with van der Waals surface area (Å²) in [5.74, 6) is -2.54. The van der Waals surface area contributed by atoms with Gasteiger partial charge in [0.25, 0.3) is 0 Å². The second kappa shape index (κ2) is 3.79. The summed E-state index contributed by atoms with van der Waals surface area (Å²) in [7, 11) is -1.94. The molecule has 0 aromatic carbocycles. The lowest BCUT2D eigenvalue weighted by atomic mass is 10.5. The van der Waals surface area contributed by atoms with Crippen LogP contribution in [0.4, 0.5) is 0 Å². The van der Waals surface area contributed by atoms with E-state index in [-0.39, 0.29) is 5.75 Å². The van der Waals surface area contributed by atoms with E-state index in [2.05, 4.69) is 5.10 Å². The number of aliphatic carboxylic acids is 1. The first kappa shape index (κ1) is 10.7. The molecular formula is C7H10N2O4S. The summed E-state index contributed by atoms with van der Waals surface area (Å²) in [6.45, 7) is 0. The van der Waals surface area contributed by atoms with Crippen molar-refractivity contribution < 1.29 is 18.3 Å². The maximum absolute atomic E-state index is 11.2. The van der Waals surface area contributed by atoms with Gasteiger partial charge in [-0.3, -0.25) is 9.48 Å². The van der Waals surface area contributed by atoms with E-state index in [1.54, 1.807) is 19.3 Å². The van der Waals surface area contributed by atoms with Crippen LogP contribution in [0.5, 0.6) is 0 Å². The number of nitrogens with zero attached hydrogens (tertiary/aromatic N) is 2. The molecule has 0 radical (unpaired) electrons. The van der Waals surface area contributed by atoms with Crippen molar-refractivity contribution in [2.45, 2.75) is 5.75 Å². The second-order valence-electron chi connectivity index (χ2n) is 2.91. The van der Waals surface area contributed by atoms with Crippen molar-refractivity contribution in [1.29, 1.82) is 0 Å². The first-order chi connectivity index (χ1) is 6.39. The van der Waals surface area contributed by atoms with Crippen LogP contribution in [0, 0.1) is 0 Å². The molecular weight excluding hydrogens is 208 g/mol. The third-order valence-electron chi connectivity index (χ3n) is 1.48. The number of rotatable bonds is 4. The molecule has 0 aliphatic rings. The Morgan fingerprint density at radius 3 is 2.71 bits per heavy atom. The zero-order valence-corrected chi connectivity index (χ0v) is 8.36. The molecule has 1 rings (SSSR count). The largest absolute Gasteiger partial charge is 0.480 e. The lowest BCUT2D eigenvalue weighted by Gasteiger charge is -1.97. The van der Waals surface area contributed by atoms with E-state index in [0.717, 1.165) is 0 Å². The normalized spacial score (nSPS) is 11.5. The van der Waals surface area contributed by atoms with E-state index in [1.165, 1.54) is 4.68 Å². The van der Waals surface area contributed by atoms with Crippen LogP contribution in [-0.4, -0.2) is 35.0 Å². The highest BCUT2D eigenvalue weighted by atomic mass is 32.2. The summed E-state index contributed by atoms with van der Waals surface area (Å²) in [6, 6.07) is 1.54. The number of hydrogen-bond acceptors (Lipinski definition) is 4. The lowest BCUT2D eigenvalue weighted by Crippen LogP contribution is -2.17. The minimum absolute atomic E-state index is 0.333. The molecule has 6 nitrogen and oxygen atoms in total. The molecule has 0 aliphatic carbocycles. The molecule has 0 bridgehead atoms. The summed E-state index contributed by atoms with van der Waals surface area (Å²) in [5.41, 5.74) is 0.355. The van der Waals surface area contributed by atoms with Gasteiger partial charge in [0, 0.05) is 13.2 Å². The Balaban J connectivity index is 2.73. The van der Waals surface area contributed by atoms with E-state index >= 15 is 0 Å². The fourth-order valence-corrected chi connectivity index (χ4v) is 2.09. The number of aromatic nitrogens is 2. The molecule has 1 aromatic rings. The third kappa shape index (κ3) is 3.17. The van der Waals surface area contributed by atoms with Crippen LogP contribution in [-0.2, 0) is 27.4 Å². The second-order valence-corrected chi connectivity index (χ2v) is 4.97. The molecule has 0 spiro atoms. The Hall–Kier alpha value is -1.37. The maximum atomic E-state index is 11.2. The predicted molar refractivity (Wildman–Crippen MR) is 48.3 cm³/mol. The average molecular weight is 218 g/mol. The van der Waals surface area contributed by atoms with E-state index in [9.17, 15) is 13.2 Å². The molecule has 14 heavy (non-hydrogen) atoms. The van der Waals surface area contributed by atoms with Crippen molar-refractivity contribution in [2.75, 3.05) is 5.75 Å². The summed E-state index contributed by atoms with van der Waals surface area (Å²) in [5, 5.41) is 12.2. The molecule has 1 aromatic heterocycles. The van der Waals surface area contributed by atoms with Crippen LogP contribution in [0.15, 0.2) is 12.3 Å². The number of aryl methyl sites for hydroxylation is 1. The SMILES string of the molecule is Cn1ccc(CS(=O)(=O)CC(=O)O)n1. The van der Waals surface area contributed by atoms with Gasteiger partial charge < -0.3 is 5.11 Å². The number of hydrogen-bond donors (Lipinski definition) is 1. The van der Waals surface area contributed by atoms with Gasteiger partial charge in [0.1, 0.15) is 5.75 Å². The highest BCUT2D eigenvalue weighted by Crippen LogP contribution is 2.03. The summed E-state index contributed by atoms with van der Waals surface area (Å²) < 4.78 is 23.8. The van der Waals surface area contributed by atoms with Gasteiger partial charge in [0.05, 0.1) is 11.4 Å². The summed E-state index contributed by atoms with van der Waals surface area (Å²) >= 11 is 0. The fourth-order valence-electron chi connectivity index (χ4n) is 1.00. The summed E-state index contributed by atoms with van der Waals surface area (Å²) in [4.78, 5) is 10.2. The van der Waals surface area contributed by atoms with Crippen molar-refractivity contribution in [2.24, 2.45) is 7.05 Å². The van der Waals surface area contributed by atoms with Crippen LogP contribution < -0.4 is 0 Å². The summed E-state index contributed by atoms with van der Waals surface area (Å²) in [6.07, 6.45) is 1.60. The van der Waals surface area contributed by atoms with Gasteiger partial charge >= 0.3 is 5.97 Å². The molecule has 7 heteroatoms. The highest BCUT2D eigenvalue weighted by Gasteiger charge is 2.17. The smallest absolute Gasteiger partial charge is 0.318 e. The van der Waals surface area contributed by atoms with Crippen LogP contribution in [0.25, 0.3) is 0 Å². The number of carbonyl (C=O) groups is 1. The third-order valence-corrected chi connectivity index (χ3v) is 2.90. The fraction of sp³-hybridized carbons (Fsp3) is 0.429. The van der Waals surface area contributed by atoms with E-state index in [1.807, 2.05) is 0 Å². The zero-order chi connectivity index (χ0) is 10.8. The Morgan fingerprint density at radius 2 is 2.29 bits per heavy atom. The Kier molecular flexibility index (Phi) is 2.90. The Bertz CT molecular complexity index is 434. The van der Waals surface area contributed by atoms with E-state index in [4.69, 9.17) is 5.11 Å². The lowest BCUT2D eigenvalue weighted by molar-refractivity contribution is -0.134. The Morgan fingerprint density at radius 1 is 1.64 bits per heavy atom. The maximum Gasteiger partial charge on any atom is 0.318 e. The predicted octanol–water partition coefficient (Wildman–Crippen LogP) is -0.581. The first-order valence-corrected chi connectivity index (χ1v) is 5.62. The molecule has 0 unspecified atom stereocenters. The molecule has 0 aliphatic heterocycles. The van der Waals surface area contributed by atoms with Gasteiger partial charge in [-0.05, 0) is 6.07 Å². The van der Waals surface area contributed by atoms with Crippen molar-refractivity contribution in [3.8, 4) is 0 Å². The molecule has 1 N–H and O–H groups in total. The van der Waals surface area contributed by atoms with Gasteiger partial charge in [-0.1, -0.05) is 0 Å². The van der Waals surface area contributed by atoms with Crippen molar-refractivity contribution >= 4 is 15.8 Å². The molecule has 1 heterocycles. The van der Waals surface area contributed by atoms with Crippen LogP contribution in [0.2, 0.25) is 0 Å². The van der Waals surface area contributed by atoms with Gasteiger partial charge in [-0.25, -0.2) is 8.42 Å². The average Bonchev–Trinajstić information content (AvgIpc) is 2.30. The Labute approximate surface area is 81.1 Å². The standard InChI is InChI=1S/C7H10N2O4S/c1-9-3-2-6(8-9)4-14(12,13)5-7(10)11/h2-3H,4-5H2,1H3,(H,10,11). The van der Waals surface area contributed by atoms with Crippen molar-refractivity contribution in [3.63, 3.8) is 0 Å². The molecule has 0 saturated heterocycles. The van der Waals surface area contributed by atoms with Crippen LogP contribution in [0.1, 0.15) is 5.69 Å². The van der Waals surface area contributed by atoms with Crippen LogP contribution in [0.3, 0.4) is 0 Å². The van der Waals surface area contributed by atoms with Crippen molar-refractivity contribution in [3.05, 3.63) is 18.0 Å². The minimum atomic E-state index is -3.60. The minimum Gasteiger partial charge on any atom is -0.480 e. The monoisotopic (exact) mass is 218 g/mol. The molecule has 0 atom stereocenters. The topological polar surface area (TPSA) is 89.3 Å². The van der Waals surface area contributed by atoms with Gasteiger partial charge in [0.2, 0.25) is 0 Å². The molecule has 0 amide bonds. The number of carboxylic acid groups (broad SMARTS) is 1.